The predicted octanol–water partition coefficient (Wildman–Crippen LogP) is 1.98. The molecule has 4 N–H and O–H groups in total. The van der Waals surface area contributed by atoms with Gasteiger partial charge < -0.3 is 5.32 Å². The zero-order valence-corrected chi connectivity index (χ0v) is 10.1. The Hall–Kier alpha value is -1.14. The molecular weight excluding hydrogens is 275 g/mol. The van der Waals surface area contributed by atoms with Crippen molar-refractivity contribution in [2.45, 2.75) is 18.9 Å². The van der Waals surface area contributed by atoms with Crippen LogP contribution in [-0.4, -0.2) is 12.0 Å². The lowest BCUT2D eigenvalue weighted by atomic mass is 10.3. The molecule has 0 bridgehead atoms. The number of guanidine groups is 1. The fraction of sp³-hybridized carbons (Fsp3) is 0.300. The molecule has 0 atom stereocenters. The van der Waals surface area contributed by atoms with Crippen LogP contribution in [0.3, 0.4) is 0 Å². The van der Waals surface area contributed by atoms with Gasteiger partial charge in [0, 0.05) is 4.47 Å². The Morgan fingerprint density at radius 1 is 1.50 bits per heavy atom. The number of hydrogen-bond donors (Lipinski definition) is 3. The van der Waals surface area contributed by atoms with Gasteiger partial charge in [0.05, 0.1) is 11.7 Å². The highest BCUT2D eigenvalue weighted by molar-refractivity contribution is 9.10. The summed E-state index contributed by atoms with van der Waals surface area (Å²) in [6.45, 7) is 0. The largest absolute Gasteiger partial charge is 0.323 e. The van der Waals surface area contributed by atoms with Gasteiger partial charge in [0.1, 0.15) is 5.82 Å². The molecule has 86 valence electrons. The standard InChI is InChI=1S/C10H12BrFN4/c11-6-1-4-8(12)9(5-6)15-10(16-13)14-7-2-3-7/h1,4-5,7H,2-3,13H2,(H2,14,15,16). The number of nitrogens with two attached hydrogens (primary N) is 1. The average Bonchev–Trinajstić information content (AvgIpc) is 3.06. The lowest BCUT2D eigenvalue weighted by Crippen LogP contribution is -2.36. The molecule has 1 aromatic rings. The summed E-state index contributed by atoms with van der Waals surface area (Å²) in [5, 5.41) is 2.82. The third-order valence-electron chi connectivity index (χ3n) is 2.18. The second-order valence-corrected chi connectivity index (χ2v) is 4.52. The molecule has 16 heavy (non-hydrogen) atoms. The number of benzene rings is 1. The highest BCUT2D eigenvalue weighted by atomic mass is 79.9. The van der Waals surface area contributed by atoms with Crippen LogP contribution in [0.4, 0.5) is 10.1 Å². The number of nitrogens with zero attached hydrogens (tertiary/aromatic N) is 1. The molecule has 1 fully saturated rings. The molecule has 0 radical (unpaired) electrons. The van der Waals surface area contributed by atoms with Gasteiger partial charge in [-0.25, -0.2) is 15.2 Å². The van der Waals surface area contributed by atoms with Crippen LogP contribution in [0.25, 0.3) is 0 Å². The molecule has 2 rings (SSSR count). The topological polar surface area (TPSA) is 62.4 Å². The summed E-state index contributed by atoms with van der Waals surface area (Å²) < 4.78 is 14.2. The van der Waals surface area contributed by atoms with Gasteiger partial charge in [-0.15, -0.1) is 0 Å². The zero-order valence-electron chi connectivity index (χ0n) is 8.50. The Morgan fingerprint density at radius 3 is 2.88 bits per heavy atom. The molecule has 6 heteroatoms. The third-order valence-corrected chi connectivity index (χ3v) is 2.67. The molecule has 0 amide bonds. The maximum atomic E-state index is 13.4. The van der Waals surface area contributed by atoms with Crippen LogP contribution in [0.2, 0.25) is 0 Å². The van der Waals surface area contributed by atoms with Crippen molar-refractivity contribution in [2.75, 3.05) is 5.32 Å². The summed E-state index contributed by atoms with van der Waals surface area (Å²) in [5.74, 6) is 5.35. The van der Waals surface area contributed by atoms with Crippen molar-refractivity contribution in [1.82, 2.24) is 5.43 Å². The van der Waals surface area contributed by atoms with E-state index in [2.05, 4.69) is 31.7 Å². The average molecular weight is 287 g/mol. The summed E-state index contributed by atoms with van der Waals surface area (Å²) in [4.78, 5) is 4.26. The van der Waals surface area contributed by atoms with Crippen LogP contribution < -0.4 is 16.6 Å². The summed E-state index contributed by atoms with van der Waals surface area (Å²) >= 11 is 3.27. The Labute approximate surface area is 101 Å². The van der Waals surface area contributed by atoms with E-state index in [4.69, 9.17) is 5.84 Å². The van der Waals surface area contributed by atoms with Crippen molar-refractivity contribution in [3.8, 4) is 0 Å². The van der Waals surface area contributed by atoms with E-state index in [9.17, 15) is 4.39 Å². The Kier molecular flexibility index (Phi) is 3.40. The van der Waals surface area contributed by atoms with Crippen molar-refractivity contribution in [3.05, 3.63) is 28.5 Å². The molecule has 1 saturated carbocycles. The van der Waals surface area contributed by atoms with Crippen molar-refractivity contribution in [1.29, 1.82) is 0 Å². The summed E-state index contributed by atoms with van der Waals surface area (Å²) in [6.07, 6.45) is 2.13. The van der Waals surface area contributed by atoms with Gasteiger partial charge >= 0.3 is 0 Å². The summed E-state index contributed by atoms with van der Waals surface area (Å²) in [6, 6.07) is 4.95. The number of hydrazine groups is 1. The number of anilines is 1. The van der Waals surface area contributed by atoms with Crippen LogP contribution in [-0.2, 0) is 0 Å². The second kappa shape index (κ2) is 4.80. The molecule has 0 unspecified atom stereocenters. The van der Waals surface area contributed by atoms with E-state index in [-0.39, 0.29) is 5.82 Å². The maximum Gasteiger partial charge on any atom is 0.210 e. The smallest absolute Gasteiger partial charge is 0.210 e. The fourth-order valence-corrected chi connectivity index (χ4v) is 1.57. The lowest BCUT2D eigenvalue weighted by molar-refractivity contribution is 0.631. The van der Waals surface area contributed by atoms with E-state index in [0.717, 1.165) is 17.3 Å². The molecule has 0 saturated heterocycles. The summed E-state index contributed by atoms with van der Waals surface area (Å²) in [5.41, 5.74) is 2.77. The lowest BCUT2D eigenvalue weighted by Gasteiger charge is -2.10. The van der Waals surface area contributed by atoms with Gasteiger partial charge in [-0.1, -0.05) is 15.9 Å². The molecule has 1 aromatic carbocycles. The molecular formula is C10H12BrFN4. The number of nitrogens with one attached hydrogen (secondary N) is 2. The van der Waals surface area contributed by atoms with E-state index in [1.54, 1.807) is 12.1 Å². The molecule has 0 aliphatic heterocycles. The van der Waals surface area contributed by atoms with E-state index in [1.165, 1.54) is 6.07 Å². The zero-order chi connectivity index (χ0) is 11.5. The van der Waals surface area contributed by atoms with Crippen LogP contribution in [0.5, 0.6) is 0 Å². The van der Waals surface area contributed by atoms with Crippen LogP contribution in [0, 0.1) is 5.82 Å². The molecule has 1 aliphatic rings. The number of hydrogen-bond acceptors (Lipinski definition) is 2. The molecule has 0 heterocycles. The minimum atomic E-state index is -0.345. The second-order valence-electron chi connectivity index (χ2n) is 3.60. The monoisotopic (exact) mass is 286 g/mol. The summed E-state index contributed by atoms with van der Waals surface area (Å²) in [7, 11) is 0. The number of halogens is 2. The molecule has 0 aromatic heterocycles. The van der Waals surface area contributed by atoms with Crippen LogP contribution in [0.1, 0.15) is 12.8 Å². The molecule has 4 nitrogen and oxygen atoms in total. The first-order valence-corrected chi connectivity index (χ1v) is 5.75. The normalized spacial score (nSPS) is 16.1. The van der Waals surface area contributed by atoms with Crippen molar-refractivity contribution in [2.24, 2.45) is 10.8 Å². The first kappa shape index (κ1) is 11.3. The molecule has 0 spiro atoms. The van der Waals surface area contributed by atoms with E-state index < -0.39 is 0 Å². The van der Waals surface area contributed by atoms with Gasteiger partial charge in [-0.05, 0) is 31.0 Å². The SMILES string of the molecule is NNC(=NC1CC1)Nc1cc(Br)ccc1F. The number of aliphatic imine (C=N–C) groups is 1. The predicted molar refractivity (Wildman–Crippen MR) is 65.5 cm³/mol. The van der Waals surface area contributed by atoms with E-state index in [1.807, 2.05) is 0 Å². The number of rotatable bonds is 2. The van der Waals surface area contributed by atoms with Crippen molar-refractivity contribution >= 4 is 27.6 Å². The highest BCUT2D eigenvalue weighted by Crippen LogP contribution is 2.24. The van der Waals surface area contributed by atoms with Gasteiger partial charge in [0.2, 0.25) is 5.96 Å². The Bertz CT molecular complexity index is 417. The highest BCUT2D eigenvalue weighted by Gasteiger charge is 2.21. The maximum absolute atomic E-state index is 13.4. The fourth-order valence-electron chi connectivity index (χ4n) is 1.21. The van der Waals surface area contributed by atoms with Crippen LogP contribution in [0.15, 0.2) is 27.7 Å². The Balaban J connectivity index is 2.14. The first-order valence-electron chi connectivity index (χ1n) is 4.95. The van der Waals surface area contributed by atoms with Crippen molar-refractivity contribution < 1.29 is 4.39 Å². The van der Waals surface area contributed by atoms with E-state index >= 15 is 0 Å². The Morgan fingerprint density at radius 2 is 2.25 bits per heavy atom. The van der Waals surface area contributed by atoms with Gasteiger partial charge in [0.25, 0.3) is 0 Å². The molecule has 1 aliphatic carbocycles. The van der Waals surface area contributed by atoms with Crippen LogP contribution >= 0.6 is 15.9 Å². The minimum absolute atomic E-state index is 0.314. The quantitative estimate of drug-likeness (QED) is 0.337. The van der Waals surface area contributed by atoms with Gasteiger partial charge in [-0.3, -0.25) is 5.43 Å². The first-order chi connectivity index (χ1) is 7.69. The third kappa shape index (κ3) is 2.93. The van der Waals surface area contributed by atoms with Gasteiger partial charge in [0.15, 0.2) is 0 Å². The van der Waals surface area contributed by atoms with Crippen molar-refractivity contribution in [3.63, 3.8) is 0 Å². The van der Waals surface area contributed by atoms with Gasteiger partial charge in [-0.2, -0.15) is 0 Å². The minimum Gasteiger partial charge on any atom is -0.323 e. The van der Waals surface area contributed by atoms with E-state index in [0.29, 0.717) is 17.7 Å².